The summed E-state index contributed by atoms with van der Waals surface area (Å²) >= 11 is 1.87. The summed E-state index contributed by atoms with van der Waals surface area (Å²) in [5.74, 6) is 2.00. The van der Waals surface area contributed by atoms with Crippen LogP contribution in [0.5, 0.6) is 5.75 Å². The Kier molecular flexibility index (Phi) is 12.9. The quantitative estimate of drug-likeness (QED) is 0.204. The third-order valence-electron chi connectivity index (χ3n) is 7.35. The topological polar surface area (TPSA) is 92.7 Å². The minimum absolute atomic E-state index is 0.0442. The third kappa shape index (κ3) is 9.08. The van der Waals surface area contributed by atoms with Crippen molar-refractivity contribution in [1.82, 2.24) is 5.32 Å². The van der Waals surface area contributed by atoms with Crippen LogP contribution >= 0.6 is 11.8 Å². The zero-order chi connectivity index (χ0) is 28.2. The molecule has 8 nitrogen and oxygen atoms in total. The monoisotopic (exact) mass is 574 g/mol. The van der Waals surface area contributed by atoms with Crippen LogP contribution in [0.25, 0.3) is 0 Å². The molecule has 0 radical (unpaired) electrons. The van der Waals surface area contributed by atoms with Crippen molar-refractivity contribution in [1.29, 1.82) is 0 Å². The minimum Gasteiger partial charge on any atom is -0.490 e. The summed E-state index contributed by atoms with van der Waals surface area (Å²) in [6.07, 6.45) is 2.23. The molecule has 2 aliphatic heterocycles. The van der Waals surface area contributed by atoms with Gasteiger partial charge in [0, 0.05) is 50.8 Å². The number of hydrogen-bond acceptors (Lipinski definition) is 9. The molecule has 0 bridgehead atoms. The van der Waals surface area contributed by atoms with Gasteiger partial charge >= 0.3 is 0 Å². The van der Waals surface area contributed by atoms with E-state index in [0.717, 1.165) is 68.3 Å². The van der Waals surface area contributed by atoms with Crippen molar-refractivity contribution in [3.05, 3.63) is 53.6 Å². The number of ether oxygens (including phenoxy) is 4. The van der Waals surface area contributed by atoms with E-state index in [0.29, 0.717) is 26.4 Å². The second-order valence-corrected chi connectivity index (χ2v) is 11.8. The molecule has 2 heterocycles. The molecule has 4 rings (SSSR count). The molecule has 4 atom stereocenters. The van der Waals surface area contributed by atoms with Crippen LogP contribution in [0.15, 0.2) is 47.4 Å². The molecule has 3 N–H and O–H groups in total. The maximum absolute atomic E-state index is 9.89. The number of hydrogen-bond donors (Lipinski definition) is 3. The van der Waals surface area contributed by atoms with Crippen LogP contribution in [0.1, 0.15) is 43.2 Å². The number of thioether (sulfide) groups is 1. The van der Waals surface area contributed by atoms with E-state index in [1.807, 2.05) is 17.8 Å². The molecule has 0 aromatic heterocycles. The van der Waals surface area contributed by atoms with Gasteiger partial charge in [-0.25, -0.2) is 0 Å². The van der Waals surface area contributed by atoms with E-state index in [4.69, 9.17) is 18.9 Å². The second-order valence-electron chi connectivity index (χ2n) is 10.6. The van der Waals surface area contributed by atoms with Crippen LogP contribution in [0.3, 0.4) is 0 Å². The van der Waals surface area contributed by atoms with Gasteiger partial charge in [0.1, 0.15) is 12.4 Å². The summed E-state index contributed by atoms with van der Waals surface area (Å²) < 4.78 is 23.8. The number of unbranched alkanes of at least 4 members (excludes halogenated alkanes) is 1. The van der Waals surface area contributed by atoms with Crippen LogP contribution in [0.2, 0.25) is 0 Å². The van der Waals surface area contributed by atoms with E-state index in [1.54, 1.807) is 14.0 Å². The van der Waals surface area contributed by atoms with Gasteiger partial charge in [0.05, 0.1) is 43.8 Å². The molecule has 40 heavy (non-hydrogen) atoms. The number of anilines is 1. The first-order valence-corrected chi connectivity index (χ1v) is 15.5. The lowest BCUT2D eigenvalue weighted by molar-refractivity contribution is -0.0752. The average Bonchev–Trinajstić information content (AvgIpc) is 2.98. The number of fused-ring (bicyclic) bond motifs is 1. The molecule has 0 saturated carbocycles. The lowest BCUT2D eigenvalue weighted by Crippen LogP contribution is -2.51. The van der Waals surface area contributed by atoms with Gasteiger partial charge in [-0.15, -0.1) is 11.8 Å². The highest BCUT2D eigenvalue weighted by Crippen LogP contribution is 2.35. The van der Waals surface area contributed by atoms with Gasteiger partial charge in [-0.2, -0.15) is 0 Å². The van der Waals surface area contributed by atoms with E-state index >= 15 is 0 Å². The predicted octanol–water partition coefficient (Wildman–Crippen LogP) is 3.82. The van der Waals surface area contributed by atoms with Crippen molar-refractivity contribution < 1.29 is 29.2 Å². The molecular formula is C31H46N2O6S. The summed E-state index contributed by atoms with van der Waals surface area (Å²) in [7, 11) is 1.75. The van der Waals surface area contributed by atoms with Gasteiger partial charge in [0.25, 0.3) is 0 Å². The SMILES string of the molecule is COCCCCSc1ccc([C@@H]2[C@@H](OCc3ccc4c(c3)N(CCCO)CCO4)CNC[C@H]2OC[C@@H](C)O)cc1. The maximum Gasteiger partial charge on any atom is 0.142 e. The van der Waals surface area contributed by atoms with E-state index < -0.39 is 6.10 Å². The number of aliphatic hydroxyl groups is 2. The Morgan fingerprint density at radius 3 is 2.62 bits per heavy atom. The smallest absolute Gasteiger partial charge is 0.142 e. The zero-order valence-corrected chi connectivity index (χ0v) is 24.7. The van der Waals surface area contributed by atoms with Crippen LogP contribution in [0, 0.1) is 0 Å². The number of piperidine rings is 1. The lowest BCUT2D eigenvalue weighted by atomic mass is 9.85. The molecule has 2 aromatic rings. The molecule has 222 valence electrons. The number of rotatable bonds is 16. The van der Waals surface area contributed by atoms with Gasteiger partial charge in [-0.3, -0.25) is 0 Å². The number of benzene rings is 2. The number of nitrogens with zero attached hydrogens (tertiary/aromatic N) is 1. The number of nitrogens with one attached hydrogen (secondary N) is 1. The molecule has 0 aliphatic carbocycles. The number of methoxy groups -OCH3 is 1. The normalized spacial score (nSPS) is 21.6. The van der Waals surface area contributed by atoms with Crippen molar-refractivity contribution >= 4 is 17.4 Å². The summed E-state index contributed by atoms with van der Waals surface area (Å²) in [6.45, 7) is 7.22. The van der Waals surface area contributed by atoms with Gasteiger partial charge in [-0.05, 0) is 67.3 Å². The highest BCUT2D eigenvalue weighted by molar-refractivity contribution is 7.99. The standard InChI is InChI=1S/C31H46N2O6S/c1-23(35)21-38-29-19-32-20-30(31(29)25-7-9-26(10-8-25)40-17-4-3-15-36-2)39-22-24-6-11-28-27(18-24)33(12-5-14-34)13-16-37-28/h6-11,18,23,29-32,34-35H,3-5,12-17,19-22H2,1-2H3/t23-,29-,30+,31+/m1/s1. The van der Waals surface area contributed by atoms with Crippen LogP contribution in [-0.2, 0) is 20.8 Å². The second kappa shape index (κ2) is 16.6. The zero-order valence-electron chi connectivity index (χ0n) is 23.9. The van der Waals surface area contributed by atoms with E-state index in [9.17, 15) is 10.2 Å². The first-order chi connectivity index (χ1) is 19.6. The predicted molar refractivity (Wildman–Crippen MR) is 160 cm³/mol. The maximum atomic E-state index is 9.89. The minimum atomic E-state index is -0.523. The summed E-state index contributed by atoms with van der Waals surface area (Å²) in [5.41, 5.74) is 3.34. The Bertz CT molecular complexity index is 1010. The average molecular weight is 575 g/mol. The molecule has 1 fully saturated rings. The highest BCUT2D eigenvalue weighted by Gasteiger charge is 2.36. The van der Waals surface area contributed by atoms with Crippen LogP contribution in [-0.4, -0.2) is 94.0 Å². The Morgan fingerprint density at radius 1 is 1.07 bits per heavy atom. The first kappa shape index (κ1) is 31.1. The van der Waals surface area contributed by atoms with Crippen molar-refractivity contribution in [3.8, 4) is 5.75 Å². The third-order valence-corrected chi connectivity index (χ3v) is 8.45. The van der Waals surface area contributed by atoms with Crippen LogP contribution in [0.4, 0.5) is 5.69 Å². The van der Waals surface area contributed by atoms with Crippen molar-refractivity contribution in [3.63, 3.8) is 0 Å². The molecular weight excluding hydrogens is 528 g/mol. The summed E-state index contributed by atoms with van der Waals surface area (Å²) in [4.78, 5) is 3.54. The van der Waals surface area contributed by atoms with E-state index in [2.05, 4.69) is 46.6 Å². The molecule has 2 aliphatic rings. The van der Waals surface area contributed by atoms with Gasteiger partial charge in [-0.1, -0.05) is 18.2 Å². The molecule has 2 aromatic carbocycles. The van der Waals surface area contributed by atoms with Crippen molar-refractivity contribution in [2.45, 2.75) is 61.9 Å². The van der Waals surface area contributed by atoms with Crippen molar-refractivity contribution in [2.24, 2.45) is 0 Å². The summed E-state index contributed by atoms with van der Waals surface area (Å²) in [5, 5.41) is 22.7. The fourth-order valence-electron chi connectivity index (χ4n) is 5.31. The largest absolute Gasteiger partial charge is 0.490 e. The Balaban J connectivity index is 1.44. The Morgan fingerprint density at radius 2 is 1.88 bits per heavy atom. The van der Waals surface area contributed by atoms with E-state index in [1.165, 1.54) is 10.5 Å². The fourth-order valence-corrected chi connectivity index (χ4v) is 6.22. The Labute approximate surface area is 243 Å². The van der Waals surface area contributed by atoms with Crippen LogP contribution < -0.4 is 15.0 Å². The number of aliphatic hydroxyl groups excluding tert-OH is 2. The van der Waals surface area contributed by atoms with E-state index in [-0.39, 0.29) is 24.7 Å². The first-order valence-electron chi connectivity index (χ1n) is 14.5. The molecule has 9 heteroatoms. The van der Waals surface area contributed by atoms with Gasteiger partial charge < -0.3 is 39.4 Å². The highest BCUT2D eigenvalue weighted by atomic mass is 32.2. The molecule has 0 spiro atoms. The van der Waals surface area contributed by atoms with Crippen molar-refractivity contribution in [2.75, 3.05) is 70.4 Å². The lowest BCUT2D eigenvalue weighted by Gasteiger charge is -2.39. The summed E-state index contributed by atoms with van der Waals surface area (Å²) in [6, 6.07) is 15.1. The molecule has 1 saturated heterocycles. The molecule has 0 amide bonds. The fraction of sp³-hybridized carbons (Fsp3) is 0.613. The molecule has 0 unspecified atom stereocenters. The van der Waals surface area contributed by atoms with Gasteiger partial charge in [0.15, 0.2) is 0 Å². The Hall–Kier alpha value is -1.85. The van der Waals surface area contributed by atoms with Gasteiger partial charge in [0.2, 0.25) is 0 Å².